The second-order valence-electron chi connectivity index (χ2n) is 3.38. The van der Waals surface area contributed by atoms with Gasteiger partial charge in [0.1, 0.15) is 0 Å². The molecular weight excluding hydrogens is 262 g/mol. The standard InChI is InChI=1S/C10H12BrNO3/c1-5-6(11)2-8-10(15-4-14-8)9(5)7(13)3-12/h2,7,13H,3-4,12H2,1H3. The van der Waals surface area contributed by atoms with E-state index in [1.54, 1.807) is 0 Å². The van der Waals surface area contributed by atoms with E-state index < -0.39 is 6.10 Å². The van der Waals surface area contributed by atoms with E-state index in [0.717, 1.165) is 10.0 Å². The Morgan fingerprint density at radius 2 is 2.33 bits per heavy atom. The number of ether oxygens (including phenoxy) is 2. The predicted octanol–water partition coefficient (Wildman–Crippen LogP) is 1.48. The quantitative estimate of drug-likeness (QED) is 0.857. The first-order valence-electron chi connectivity index (χ1n) is 4.62. The molecule has 2 rings (SSSR count). The molecule has 0 spiro atoms. The maximum Gasteiger partial charge on any atom is 0.231 e. The Morgan fingerprint density at radius 3 is 3.00 bits per heavy atom. The number of nitrogens with two attached hydrogens (primary N) is 1. The summed E-state index contributed by atoms with van der Waals surface area (Å²) in [5, 5.41) is 9.82. The highest BCUT2D eigenvalue weighted by molar-refractivity contribution is 9.10. The first-order valence-corrected chi connectivity index (χ1v) is 5.41. The maximum absolute atomic E-state index is 9.82. The second-order valence-corrected chi connectivity index (χ2v) is 4.24. The van der Waals surface area contributed by atoms with Crippen LogP contribution in [0.4, 0.5) is 0 Å². The van der Waals surface area contributed by atoms with Crippen LogP contribution < -0.4 is 15.2 Å². The van der Waals surface area contributed by atoms with Gasteiger partial charge in [-0.2, -0.15) is 0 Å². The average molecular weight is 274 g/mol. The summed E-state index contributed by atoms with van der Waals surface area (Å²) in [7, 11) is 0. The first-order chi connectivity index (χ1) is 7.15. The summed E-state index contributed by atoms with van der Waals surface area (Å²) in [4.78, 5) is 0. The molecule has 1 aromatic carbocycles. The fourth-order valence-electron chi connectivity index (χ4n) is 1.65. The molecule has 0 fully saturated rings. The Morgan fingerprint density at radius 1 is 1.60 bits per heavy atom. The van der Waals surface area contributed by atoms with Crippen molar-refractivity contribution in [1.29, 1.82) is 0 Å². The lowest BCUT2D eigenvalue weighted by Gasteiger charge is -2.15. The molecule has 1 aliphatic rings. The number of hydrogen-bond donors (Lipinski definition) is 2. The highest BCUT2D eigenvalue weighted by Crippen LogP contribution is 2.43. The average Bonchev–Trinajstić information content (AvgIpc) is 2.66. The molecule has 82 valence electrons. The molecule has 1 aliphatic heterocycles. The van der Waals surface area contributed by atoms with Gasteiger partial charge in [-0.25, -0.2) is 0 Å². The van der Waals surface area contributed by atoms with Crippen molar-refractivity contribution >= 4 is 15.9 Å². The van der Waals surface area contributed by atoms with Crippen molar-refractivity contribution in [3.63, 3.8) is 0 Å². The number of rotatable bonds is 2. The molecule has 1 aromatic rings. The van der Waals surface area contributed by atoms with Gasteiger partial charge in [0.05, 0.1) is 6.10 Å². The number of aliphatic hydroxyl groups is 1. The first kappa shape index (κ1) is 10.7. The van der Waals surface area contributed by atoms with Crippen LogP contribution in [0.25, 0.3) is 0 Å². The Balaban J connectivity index is 2.60. The second kappa shape index (κ2) is 4.00. The Kier molecular flexibility index (Phi) is 2.86. The zero-order valence-electron chi connectivity index (χ0n) is 8.29. The van der Waals surface area contributed by atoms with Gasteiger partial charge in [0.15, 0.2) is 11.5 Å². The van der Waals surface area contributed by atoms with Gasteiger partial charge < -0.3 is 20.3 Å². The van der Waals surface area contributed by atoms with E-state index in [1.807, 2.05) is 13.0 Å². The third kappa shape index (κ3) is 1.71. The van der Waals surface area contributed by atoms with Gasteiger partial charge in [0.25, 0.3) is 0 Å². The minimum atomic E-state index is -0.724. The fourth-order valence-corrected chi connectivity index (χ4v) is 2.07. The van der Waals surface area contributed by atoms with Gasteiger partial charge >= 0.3 is 0 Å². The summed E-state index contributed by atoms with van der Waals surface area (Å²) in [5.74, 6) is 1.25. The van der Waals surface area contributed by atoms with Crippen LogP contribution >= 0.6 is 15.9 Å². The molecule has 5 heteroatoms. The van der Waals surface area contributed by atoms with E-state index in [9.17, 15) is 5.11 Å². The molecule has 0 saturated carbocycles. The SMILES string of the molecule is Cc1c(Br)cc2c(c1C(O)CN)OCO2. The molecule has 1 unspecified atom stereocenters. The molecular formula is C10H12BrNO3. The molecule has 0 radical (unpaired) electrons. The molecule has 0 saturated heterocycles. The molecule has 1 heterocycles. The summed E-state index contributed by atoms with van der Waals surface area (Å²) in [6, 6.07) is 1.84. The highest BCUT2D eigenvalue weighted by Gasteiger charge is 2.25. The zero-order valence-corrected chi connectivity index (χ0v) is 9.87. The van der Waals surface area contributed by atoms with Crippen molar-refractivity contribution in [2.24, 2.45) is 5.73 Å². The van der Waals surface area contributed by atoms with Crippen LogP contribution in [0.2, 0.25) is 0 Å². The van der Waals surface area contributed by atoms with Crippen molar-refractivity contribution in [1.82, 2.24) is 0 Å². The van der Waals surface area contributed by atoms with E-state index >= 15 is 0 Å². The van der Waals surface area contributed by atoms with Crippen LogP contribution in [0.1, 0.15) is 17.2 Å². The summed E-state index contributed by atoms with van der Waals surface area (Å²) >= 11 is 3.41. The van der Waals surface area contributed by atoms with Crippen LogP contribution in [0.15, 0.2) is 10.5 Å². The van der Waals surface area contributed by atoms with Crippen LogP contribution in [0.3, 0.4) is 0 Å². The lowest BCUT2D eigenvalue weighted by Crippen LogP contribution is -2.13. The molecule has 1 atom stereocenters. The third-order valence-electron chi connectivity index (χ3n) is 2.46. The number of hydrogen-bond acceptors (Lipinski definition) is 4. The number of benzene rings is 1. The van der Waals surface area contributed by atoms with Gasteiger partial charge in [-0.05, 0) is 18.6 Å². The molecule has 0 bridgehead atoms. The topological polar surface area (TPSA) is 64.7 Å². The minimum Gasteiger partial charge on any atom is -0.454 e. The van der Waals surface area contributed by atoms with Crippen molar-refractivity contribution < 1.29 is 14.6 Å². The van der Waals surface area contributed by atoms with Crippen LogP contribution in [-0.4, -0.2) is 18.4 Å². The zero-order chi connectivity index (χ0) is 11.0. The molecule has 15 heavy (non-hydrogen) atoms. The summed E-state index contributed by atoms with van der Waals surface area (Å²) in [6.45, 7) is 2.25. The Bertz CT molecular complexity index is 395. The Labute approximate surface area is 96.1 Å². The van der Waals surface area contributed by atoms with Gasteiger partial charge in [-0.15, -0.1) is 0 Å². The molecule has 3 N–H and O–H groups in total. The minimum absolute atomic E-state index is 0.160. The van der Waals surface area contributed by atoms with E-state index in [4.69, 9.17) is 15.2 Å². The van der Waals surface area contributed by atoms with Crippen LogP contribution in [0, 0.1) is 6.92 Å². The normalized spacial score (nSPS) is 15.5. The van der Waals surface area contributed by atoms with E-state index in [0.29, 0.717) is 17.1 Å². The summed E-state index contributed by atoms with van der Waals surface area (Å²) < 4.78 is 11.5. The molecule has 4 nitrogen and oxygen atoms in total. The van der Waals surface area contributed by atoms with E-state index in [2.05, 4.69) is 15.9 Å². The third-order valence-corrected chi connectivity index (χ3v) is 3.29. The van der Waals surface area contributed by atoms with Crippen molar-refractivity contribution in [3.8, 4) is 11.5 Å². The van der Waals surface area contributed by atoms with Gasteiger partial charge in [0.2, 0.25) is 6.79 Å². The van der Waals surface area contributed by atoms with Crippen molar-refractivity contribution in [2.75, 3.05) is 13.3 Å². The lowest BCUT2D eigenvalue weighted by atomic mass is 10.0. The van der Waals surface area contributed by atoms with Gasteiger partial charge in [0, 0.05) is 16.6 Å². The van der Waals surface area contributed by atoms with Crippen molar-refractivity contribution in [2.45, 2.75) is 13.0 Å². The van der Waals surface area contributed by atoms with Gasteiger partial charge in [-0.1, -0.05) is 15.9 Å². The molecule has 0 aromatic heterocycles. The monoisotopic (exact) mass is 273 g/mol. The highest BCUT2D eigenvalue weighted by atomic mass is 79.9. The smallest absolute Gasteiger partial charge is 0.231 e. The summed E-state index contributed by atoms with van der Waals surface area (Å²) in [5.41, 5.74) is 7.09. The number of fused-ring (bicyclic) bond motifs is 1. The Hall–Kier alpha value is -0.780. The predicted molar refractivity (Wildman–Crippen MR) is 59.0 cm³/mol. The number of halogens is 1. The summed E-state index contributed by atoms with van der Waals surface area (Å²) in [6.07, 6.45) is -0.724. The van der Waals surface area contributed by atoms with E-state index in [-0.39, 0.29) is 13.3 Å². The lowest BCUT2D eigenvalue weighted by molar-refractivity contribution is 0.160. The maximum atomic E-state index is 9.82. The van der Waals surface area contributed by atoms with Crippen molar-refractivity contribution in [3.05, 3.63) is 21.7 Å². The van der Waals surface area contributed by atoms with E-state index in [1.165, 1.54) is 0 Å². The number of aliphatic hydroxyl groups excluding tert-OH is 1. The molecule has 0 amide bonds. The fraction of sp³-hybridized carbons (Fsp3) is 0.400. The van der Waals surface area contributed by atoms with Gasteiger partial charge in [-0.3, -0.25) is 0 Å². The largest absolute Gasteiger partial charge is 0.454 e. The molecule has 0 aliphatic carbocycles. The van der Waals surface area contributed by atoms with Crippen LogP contribution in [0.5, 0.6) is 11.5 Å². The van der Waals surface area contributed by atoms with Crippen LogP contribution in [-0.2, 0) is 0 Å².